The monoisotopic (exact) mass is 583 g/mol. The van der Waals surface area contributed by atoms with Crippen LogP contribution >= 0.6 is 0 Å². The second-order valence-electron chi connectivity index (χ2n) is 13.4. The highest BCUT2D eigenvalue weighted by Gasteiger charge is 2.49. The minimum absolute atomic E-state index is 0.0271. The molecule has 228 valence electrons. The van der Waals surface area contributed by atoms with Crippen LogP contribution in [0, 0.1) is 5.92 Å². The predicted octanol–water partition coefficient (Wildman–Crippen LogP) is 4.41. The molecule has 1 aliphatic heterocycles. The van der Waals surface area contributed by atoms with Gasteiger partial charge in [-0.1, -0.05) is 49.4 Å². The van der Waals surface area contributed by atoms with Crippen LogP contribution in [0.25, 0.3) is 10.9 Å². The summed E-state index contributed by atoms with van der Waals surface area (Å²) in [6.45, 7) is 3.24. The Morgan fingerprint density at radius 1 is 1.00 bits per heavy atom. The van der Waals surface area contributed by atoms with Gasteiger partial charge in [-0.25, -0.2) is 0 Å². The Labute approximate surface area is 254 Å². The van der Waals surface area contributed by atoms with E-state index in [4.69, 9.17) is 5.73 Å². The fourth-order valence-electron chi connectivity index (χ4n) is 7.96. The normalized spacial score (nSPS) is 24.4. The zero-order chi connectivity index (χ0) is 30.3. The number of carbonyl (C=O) groups is 3. The highest BCUT2D eigenvalue weighted by molar-refractivity contribution is 5.91. The molecule has 8 heteroatoms. The van der Waals surface area contributed by atoms with Crippen molar-refractivity contribution in [2.24, 2.45) is 11.7 Å². The molecule has 2 heterocycles. The molecule has 8 nitrogen and oxygen atoms in total. The standard InChI is InChI=1S/C35H45N5O3/c1-22(28-21-37-30-11-7-5-9-26(28)30)31(38-32(41)23-12-14-24(36)15-13-23)34(43)40-18-16-35(17-19-40)20-27(33(42)39(2)3)25-8-4-6-10-29(25)35/h4-11,21-24,27,31,37H,12-20,36H2,1-3H3,(H,38,41)/t22?,23?,24?,27-,31-/m1/s1. The Morgan fingerprint density at radius 3 is 2.40 bits per heavy atom. The number of aromatic amines is 1. The molecule has 0 bridgehead atoms. The van der Waals surface area contributed by atoms with Gasteiger partial charge in [0.25, 0.3) is 0 Å². The number of likely N-dealkylation sites (N-methyl/N-ethyl adjacent to an activating group) is 1. The van der Waals surface area contributed by atoms with Crippen LogP contribution in [0.5, 0.6) is 0 Å². The maximum Gasteiger partial charge on any atom is 0.245 e. The fraction of sp³-hybridized carbons (Fsp3) is 0.514. The van der Waals surface area contributed by atoms with Gasteiger partial charge < -0.3 is 25.8 Å². The zero-order valence-electron chi connectivity index (χ0n) is 25.6. The number of nitrogens with one attached hydrogen (secondary N) is 2. The summed E-state index contributed by atoms with van der Waals surface area (Å²) in [4.78, 5) is 48.1. The summed E-state index contributed by atoms with van der Waals surface area (Å²) in [5.41, 5.74) is 10.4. The third-order valence-corrected chi connectivity index (χ3v) is 10.6. The van der Waals surface area contributed by atoms with Crippen LogP contribution in [0.2, 0.25) is 0 Å². The average Bonchev–Trinajstić information content (AvgIpc) is 3.59. The second kappa shape index (κ2) is 11.8. The molecule has 2 fully saturated rings. The average molecular weight is 584 g/mol. The number of piperidine rings is 1. The smallest absolute Gasteiger partial charge is 0.245 e. The van der Waals surface area contributed by atoms with Crippen LogP contribution in [0.3, 0.4) is 0 Å². The summed E-state index contributed by atoms with van der Waals surface area (Å²) in [6, 6.07) is 15.9. The molecule has 2 aliphatic carbocycles. The number of hydrogen-bond acceptors (Lipinski definition) is 4. The molecule has 3 amide bonds. The highest BCUT2D eigenvalue weighted by Crippen LogP contribution is 2.52. The summed E-state index contributed by atoms with van der Waals surface area (Å²) in [5.74, 6) is -0.409. The van der Waals surface area contributed by atoms with Gasteiger partial charge >= 0.3 is 0 Å². The molecule has 1 spiro atoms. The van der Waals surface area contributed by atoms with Gasteiger partial charge in [0.15, 0.2) is 0 Å². The van der Waals surface area contributed by atoms with Crippen LogP contribution in [0.15, 0.2) is 54.7 Å². The number of benzene rings is 2. The van der Waals surface area contributed by atoms with Crippen LogP contribution < -0.4 is 11.1 Å². The van der Waals surface area contributed by atoms with E-state index < -0.39 is 6.04 Å². The molecule has 1 unspecified atom stereocenters. The summed E-state index contributed by atoms with van der Waals surface area (Å²) >= 11 is 0. The summed E-state index contributed by atoms with van der Waals surface area (Å²) < 4.78 is 0. The maximum absolute atomic E-state index is 14.4. The van der Waals surface area contributed by atoms with Gasteiger partial charge in [0.2, 0.25) is 17.7 Å². The number of likely N-dealkylation sites (tertiary alicyclic amines) is 1. The van der Waals surface area contributed by atoms with E-state index in [2.05, 4.69) is 34.6 Å². The van der Waals surface area contributed by atoms with Gasteiger partial charge in [-0.2, -0.15) is 0 Å². The first-order chi connectivity index (χ1) is 20.7. The molecule has 1 aromatic heterocycles. The lowest BCUT2D eigenvalue weighted by atomic mass is 9.73. The van der Waals surface area contributed by atoms with E-state index in [1.54, 1.807) is 4.90 Å². The zero-order valence-corrected chi connectivity index (χ0v) is 25.6. The Kier molecular flexibility index (Phi) is 8.07. The molecular weight excluding hydrogens is 538 g/mol. The first-order valence-electron chi connectivity index (χ1n) is 15.9. The lowest BCUT2D eigenvalue weighted by molar-refractivity contribution is -0.139. The Morgan fingerprint density at radius 2 is 1.67 bits per heavy atom. The predicted molar refractivity (Wildman–Crippen MR) is 169 cm³/mol. The van der Waals surface area contributed by atoms with Gasteiger partial charge in [-0.15, -0.1) is 0 Å². The van der Waals surface area contributed by atoms with Crippen molar-refractivity contribution in [3.05, 3.63) is 71.4 Å². The van der Waals surface area contributed by atoms with Crippen molar-refractivity contribution in [3.8, 4) is 0 Å². The van der Waals surface area contributed by atoms with Crippen LogP contribution in [0.1, 0.15) is 80.4 Å². The number of rotatable bonds is 6. The van der Waals surface area contributed by atoms with Gasteiger partial charge in [-0.05, 0) is 67.7 Å². The quantitative estimate of drug-likeness (QED) is 0.399. The molecule has 1 saturated carbocycles. The molecule has 2 aromatic carbocycles. The van der Waals surface area contributed by atoms with Gasteiger partial charge in [0.05, 0.1) is 5.92 Å². The molecule has 3 aliphatic rings. The number of para-hydroxylation sites is 1. The fourth-order valence-corrected chi connectivity index (χ4v) is 7.96. The van der Waals surface area contributed by atoms with Gasteiger partial charge in [0, 0.05) is 67.6 Å². The Bertz CT molecular complexity index is 1500. The van der Waals surface area contributed by atoms with Crippen LogP contribution in [-0.4, -0.2) is 71.8 Å². The van der Waals surface area contributed by atoms with Gasteiger partial charge in [0.1, 0.15) is 6.04 Å². The number of amides is 3. The van der Waals surface area contributed by atoms with Crippen molar-refractivity contribution >= 4 is 28.6 Å². The Balaban J connectivity index is 1.23. The number of hydrogen-bond donors (Lipinski definition) is 3. The molecule has 0 radical (unpaired) electrons. The van der Waals surface area contributed by atoms with Crippen molar-refractivity contribution < 1.29 is 14.4 Å². The lowest BCUT2D eigenvalue weighted by Crippen LogP contribution is -2.55. The topological polar surface area (TPSA) is 112 Å². The van der Waals surface area contributed by atoms with Crippen LogP contribution in [0.4, 0.5) is 0 Å². The van der Waals surface area contributed by atoms with Crippen molar-refractivity contribution in [2.45, 2.75) is 81.2 Å². The first-order valence-corrected chi connectivity index (χ1v) is 15.9. The van der Waals surface area contributed by atoms with Crippen molar-refractivity contribution in [2.75, 3.05) is 27.2 Å². The van der Waals surface area contributed by atoms with E-state index in [-0.39, 0.29) is 46.9 Å². The molecular formula is C35H45N5O3. The third-order valence-electron chi connectivity index (χ3n) is 10.6. The van der Waals surface area contributed by atoms with E-state index in [0.29, 0.717) is 13.1 Å². The van der Waals surface area contributed by atoms with Crippen molar-refractivity contribution in [3.63, 3.8) is 0 Å². The Hall–Kier alpha value is -3.65. The molecule has 3 atom stereocenters. The van der Waals surface area contributed by atoms with Crippen LogP contribution in [-0.2, 0) is 19.8 Å². The minimum Gasteiger partial charge on any atom is -0.361 e. The number of H-pyrrole nitrogens is 1. The molecule has 4 N–H and O–H groups in total. The number of nitrogens with zero attached hydrogens (tertiary/aromatic N) is 2. The minimum atomic E-state index is -0.671. The number of aromatic nitrogens is 1. The molecule has 3 aromatic rings. The summed E-state index contributed by atoms with van der Waals surface area (Å²) in [5, 5.41) is 4.30. The largest absolute Gasteiger partial charge is 0.361 e. The number of nitrogens with two attached hydrogens (primary N) is 1. The summed E-state index contributed by atoms with van der Waals surface area (Å²) in [7, 11) is 3.64. The van der Waals surface area contributed by atoms with Gasteiger partial charge in [-0.3, -0.25) is 14.4 Å². The van der Waals surface area contributed by atoms with E-state index in [9.17, 15) is 14.4 Å². The number of carbonyl (C=O) groups excluding carboxylic acids is 3. The van der Waals surface area contributed by atoms with Crippen molar-refractivity contribution in [1.82, 2.24) is 20.1 Å². The summed E-state index contributed by atoms with van der Waals surface area (Å²) in [6.07, 6.45) is 7.54. The van der Waals surface area contributed by atoms with E-state index in [1.165, 1.54) is 5.56 Å². The number of fused-ring (bicyclic) bond motifs is 3. The lowest BCUT2D eigenvalue weighted by Gasteiger charge is -2.42. The second-order valence-corrected chi connectivity index (χ2v) is 13.4. The highest BCUT2D eigenvalue weighted by atomic mass is 16.2. The van der Waals surface area contributed by atoms with E-state index >= 15 is 0 Å². The van der Waals surface area contributed by atoms with E-state index in [0.717, 1.165) is 67.0 Å². The SMILES string of the molecule is CC(c1c[nH]c2ccccc12)[C@@H](NC(=O)C1CCC(N)CC1)C(=O)N1CCC2(CC1)C[C@@H](C(=O)N(C)C)c1ccccc12. The first kappa shape index (κ1) is 29.4. The van der Waals surface area contributed by atoms with Crippen molar-refractivity contribution in [1.29, 1.82) is 0 Å². The molecule has 43 heavy (non-hydrogen) atoms. The van der Waals surface area contributed by atoms with E-state index in [1.807, 2.05) is 56.4 Å². The maximum atomic E-state index is 14.4. The third kappa shape index (κ3) is 5.46. The molecule has 6 rings (SSSR count). The molecule has 1 saturated heterocycles.